The third-order valence-electron chi connectivity index (χ3n) is 3.73. The van der Waals surface area contributed by atoms with Crippen molar-refractivity contribution in [2.75, 3.05) is 0 Å². The highest BCUT2D eigenvalue weighted by atomic mass is 32.1. The molecule has 0 radical (unpaired) electrons. The van der Waals surface area contributed by atoms with Crippen molar-refractivity contribution in [1.82, 2.24) is 14.2 Å². The van der Waals surface area contributed by atoms with Crippen LogP contribution in [-0.4, -0.2) is 25.2 Å². The maximum Gasteiger partial charge on any atom is 0.221 e. The smallest absolute Gasteiger partial charge is 0.221 e. The van der Waals surface area contributed by atoms with Crippen LogP contribution in [0.4, 0.5) is 0 Å². The fraction of sp³-hybridized carbons (Fsp3) is 0.294. The van der Waals surface area contributed by atoms with Crippen LogP contribution < -0.4 is 5.73 Å². The molecule has 4 rings (SSSR count). The van der Waals surface area contributed by atoms with Gasteiger partial charge in [0.25, 0.3) is 0 Å². The minimum atomic E-state index is -0.381. The maximum atomic E-state index is 10.8. The molecular weight excluding hydrogens is 324 g/mol. The number of benzene rings is 1. The molecule has 1 saturated carbocycles. The molecule has 6 nitrogen and oxygen atoms in total. The highest BCUT2D eigenvalue weighted by molar-refractivity contribution is 7.06. The summed E-state index contributed by atoms with van der Waals surface area (Å²) in [6, 6.07) is 7.38. The SMILES string of the molecule is NC(=O)Cc1cnn(-c2cccc(CO)c2)c1.c1[nH]sc1C1CC1. The van der Waals surface area contributed by atoms with Gasteiger partial charge in [-0.25, -0.2) is 4.68 Å². The summed E-state index contributed by atoms with van der Waals surface area (Å²) in [5.41, 5.74) is 7.53. The molecule has 1 aromatic carbocycles. The third-order valence-corrected chi connectivity index (χ3v) is 4.65. The van der Waals surface area contributed by atoms with Gasteiger partial charge in [0.1, 0.15) is 0 Å². The van der Waals surface area contributed by atoms with Gasteiger partial charge in [-0.1, -0.05) is 23.7 Å². The quantitative estimate of drug-likeness (QED) is 0.663. The van der Waals surface area contributed by atoms with Crippen molar-refractivity contribution in [3.8, 4) is 5.69 Å². The largest absolute Gasteiger partial charge is 0.392 e. The van der Waals surface area contributed by atoms with E-state index in [0.29, 0.717) is 0 Å². The molecule has 7 heteroatoms. The number of aromatic amines is 1. The molecule has 1 aliphatic carbocycles. The van der Waals surface area contributed by atoms with E-state index in [-0.39, 0.29) is 18.9 Å². The number of hydrogen-bond acceptors (Lipinski definition) is 4. The van der Waals surface area contributed by atoms with Gasteiger partial charge in [-0.15, -0.1) is 0 Å². The summed E-state index contributed by atoms with van der Waals surface area (Å²) in [6.45, 7) is -0.0107. The van der Waals surface area contributed by atoms with Crippen LogP contribution in [-0.2, 0) is 17.8 Å². The summed E-state index contributed by atoms with van der Waals surface area (Å²) in [5, 5.41) is 13.2. The summed E-state index contributed by atoms with van der Waals surface area (Å²) < 4.78 is 4.69. The van der Waals surface area contributed by atoms with Crippen molar-refractivity contribution in [1.29, 1.82) is 0 Å². The van der Waals surface area contributed by atoms with Gasteiger partial charge in [-0.3, -0.25) is 4.79 Å². The average molecular weight is 344 g/mol. The Morgan fingerprint density at radius 1 is 1.42 bits per heavy atom. The predicted octanol–water partition coefficient (Wildman–Crippen LogP) is 2.35. The number of H-pyrrole nitrogens is 1. The molecule has 24 heavy (non-hydrogen) atoms. The van der Waals surface area contributed by atoms with E-state index < -0.39 is 0 Å². The number of aliphatic hydroxyl groups is 1. The van der Waals surface area contributed by atoms with E-state index in [4.69, 9.17) is 10.8 Å². The summed E-state index contributed by atoms with van der Waals surface area (Å²) in [7, 11) is 0. The van der Waals surface area contributed by atoms with Gasteiger partial charge in [0.2, 0.25) is 5.91 Å². The molecule has 2 aromatic heterocycles. The number of aromatic nitrogens is 3. The number of nitrogens with one attached hydrogen (secondary N) is 1. The second kappa shape index (κ2) is 7.46. The van der Waals surface area contributed by atoms with Crippen molar-refractivity contribution in [3.63, 3.8) is 0 Å². The lowest BCUT2D eigenvalue weighted by molar-refractivity contribution is -0.117. The third kappa shape index (κ3) is 4.33. The standard InChI is InChI=1S/C12H13N3O2.C5H7NS/c13-12(17)5-10-6-14-15(7-10)11-3-1-2-9(4-11)8-16;1-2-4(1)5-3-6-7-5/h1-4,6-7,16H,5,8H2,(H2,13,17);3-4,6H,1-2H2. The Morgan fingerprint density at radius 2 is 2.21 bits per heavy atom. The molecule has 0 bridgehead atoms. The second-order valence-electron chi connectivity index (χ2n) is 5.81. The Hall–Kier alpha value is -2.38. The zero-order valence-corrected chi connectivity index (χ0v) is 14.0. The molecule has 126 valence electrons. The number of amides is 1. The van der Waals surface area contributed by atoms with Gasteiger partial charge in [0.15, 0.2) is 0 Å². The van der Waals surface area contributed by atoms with E-state index >= 15 is 0 Å². The molecule has 0 spiro atoms. The number of aliphatic hydroxyl groups excluding tert-OH is 1. The molecule has 0 atom stereocenters. The number of nitrogens with two attached hydrogens (primary N) is 1. The predicted molar refractivity (Wildman–Crippen MR) is 93.0 cm³/mol. The minimum absolute atomic E-state index is 0.0107. The molecule has 2 heterocycles. The van der Waals surface area contributed by atoms with E-state index in [1.165, 1.54) is 12.8 Å². The van der Waals surface area contributed by atoms with Gasteiger partial charge >= 0.3 is 0 Å². The molecule has 1 aliphatic rings. The van der Waals surface area contributed by atoms with Crippen LogP contribution >= 0.6 is 11.5 Å². The van der Waals surface area contributed by atoms with Gasteiger partial charge in [-0.2, -0.15) is 5.10 Å². The number of hydrogen-bond donors (Lipinski definition) is 3. The number of primary amides is 1. The normalized spacial score (nSPS) is 13.4. The lowest BCUT2D eigenvalue weighted by atomic mass is 10.2. The van der Waals surface area contributed by atoms with Crippen LogP contribution in [0.25, 0.3) is 5.69 Å². The summed E-state index contributed by atoms with van der Waals surface area (Å²) in [4.78, 5) is 12.3. The van der Waals surface area contributed by atoms with Crippen LogP contribution in [0, 0.1) is 0 Å². The molecule has 4 N–H and O–H groups in total. The Morgan fingerprint density at radius 3 is 2.75 bits per heavy atom. The molecule has 0 unspecified atom stereocenters. The second-order valence-corrected chi connectivity index (χ2v) is 6.72. The number of nitrogens with zero attached hydrogens (tertiary/aromatic N) is 2. The van der Waals surface area contributed by atoms with Crippen LogP contribution in [0.3, 0.4) is 0 Å². The first kappa shape index (κ1) is 16.5. The van der Waals surface area contributed by atoms with Gasteiger partial charge in [-0.05, 0) is 42.0 Å². The lowest BCUT2D eigenvalue weighted by Crippen LogP contribution is -2.13. The van der Waals surface area contributed by atoms with E-state index in [1.807, 2.05) is 24.3 Å². The first-order valence-electron chi connectivity index (χ1n) is 7.80. The van der Waals surface area contributed by atoms with Gasteiger partial charge in [0, 0.05) is 17.3 Å². The number of rotatable bonds is 5. The Bertz CT molecular complexity index is 792. The van der Waals surface area contributed by atoms with Crippen LogP contribution in [0.5, 0.6) is 0 Å². The van der Waals surface area contributed by atoms with E-state index in [0.717, 1.165) is 22.7 Å². The zero-order chi connectivity index (χ0) is 16.9. The van der Waals surface area contributed by atoms with Crippen LogP contribution in [0.15, 0.2) is 42.9 Å². The number of carbonyl (C=O) groups excluding carboxylic acids is 1. The maximum absolute atomic E-state index is 10.8. The molecule has 1 fully saturated rings. The summed E-state index contributed by atoms with van der Waals surface area (Å²) >= 11 is 1.79. The van der Waals surface area contributed by atoms with Crippen molar-refractivity contribution in [2.24, 2.45) is 5.73 Å². The fourth-order valence-electron chi connectivity index (χ4n) is 2.29. The van der Waals surface area contributed by atoms with Crippen molar-refractivity contribution >= 4 is 17.4 Å². The van der Waals surface area contributed by atoms with E-state index in [1.54, 1.807) is 33.5 Å². The zero-order valence-electron chi connectivity index (χ0n) is 13.2. The lowest BCUT2D eigenvalue weighted by Gasteiger charge is -2.02. The minimum Gasteiger partial charge on any atom is -0.392 e. The molecular formula is C17H20N4O2S. The summed E-state index contributed by atoms with van der Waals surface area (Å²) in [5.74, 6) is 0.583. The highest BCUT2D eigenvalue weighted by Crippen LogP contribution is 2.42. The monoisotopic (exact) mass is 344 g/mol. The highest BCUT2D eigenvalue weighted by Gasteiger charge is 2.25. The number of carbonyl (C=O) groups is 1. The van der Waals surface area contributed by atoms with Crippen molar-refractivity contribution in [3.05, 3.63) is 58.9 Å². The molecule has 1 amide bonds. The van der Waals surface area contributed by atoms with E-state index in [9.17, 15) is 4.79 Å². The topological polar surface area (TPSA) is 96.9 Å². The van der Waals surface area contributed by atoms with Gasteiger partial charge < -0.3 is 15.2 Å². The Labute approximate surface area is 144 Å². The Kier molecular flexibility index (Phi) is 5.12. The van der Waals surface area contributed by atoms with Crippen LogP contribution in [0.1, 0.15) is 34.8 Å². The fourth-order valence-corrected chi connectivity index (χ4v) is 2.94. The van der Waals surface area contributed by atoms with E-state index in [2.05, 4.69) is 15.7 Å². The Balaban J connectivity index is 0.000000198. The molecule has 0 saturated heterocycles. The summed E-state index contributed by atoms with van der Waals surface area (Å²) in [6.07, 6.45) is 8.51. The molecule has 3 aromatic rings. The average Bonchev–Trinajstić information content (AvgIpc) is 3.23. The van der Waals surface area contributed by atoms with Crippen molar-refractivity contribution in [2.45, 2.75) is 31.8 Å². The van der Waals surface area contributed by atoms with Crippen LogP contribution in [0.2, 0.25) is 0 Å². The van der Waals surface area contributed by atoms with Gasteiger partial charge in [0.05, 0.1) is 24.9 Å². The first-order chi connectivity index (χ1) is 11.7. The molecule has 0 aliphatic heterocycles. The van der Waals surface area contributed by atoms with Crippen molar-refractivity contribution < 1.29 is 9.90 Å². The first-order valence-corrected chi connectivity index (χ1v) is 8.62.